The van der Waals surface area contributed by atoms with Gasteiger partial charge >= 0.3 is 48.4 Å². The van der Waals surface area contributed by atoms with Gasteiger partial charge in [-0.3, -0.25) is 0 Å². The molecule has 0 amide bonds. The van der Waals surface area contributed by atoms with Crippen LogP contribution in [0, 0.1) is 0 Å². The van der Waals surface area contributed by atoms with Gasteiger partial charge in [0.2, 0.25) is 0 Å². The van der Waals surface area contributed by atoms with E-state index in [0.29, 0.717) is 6.42 Å². The van der Waals surface area contributed by atoms with E-state index in [0.717, 1.165) is 12.8 Å². The predicted molar refractivity (Wildman–Crippen MR) is 62.3 cm³/mol. The minimum atomic E-state index is -2.05. The minimum absolute atomic E-state index is 0. The van der Waals surface area contributed by atoms with E-state index < -0.39 is 17.4 Å². The van der Waals surface area contributed by atoms with Crippen LogP contribution in [0.4, 0.5) is 0 Å². The van der Waals surface area contributed by atoms with E-state index in [1.165, 1.54) is 12.1 Å². The molecule has 20 heavy (non-hydrogen) atoms. The molecule has 0 saturated heterocycles. The standard InChI is InChI=1S/C14H18O4.Li.Na/c1-2-3-7-10-14(12(15)16,13(17)18)11-8-5-4-6-9-11;;/h4-6,8-9H,2-3,7,10H2,1H3,(H,15,16)(H,17,18);;/q;2*+1/p-2. The monoisotopic (exact) mass is 278 g/mol. The van der Waals surface area contributed by atoms with Gasteiger partial charge in [-0.15, -0.1) is 0 Å². The van der Waals surface area contributed by atoms with E-state index in [4.69, 9.17) is 0 Å². The Morgan fingerprint density at radius 3 is 1.95 bits per heavy atom. The van der Waals surface area contributed by atoms with Crippen molar-refractivity contribution >= 4 is 11.9 Å². The third-order valence-electron chi connectivity index (χ3n) is 3.12. The van der Waals surface area contributed by atoms with Gasteiger partial charge in [0.05, 0.1) is 17.4 Å². The van der Waals surface area contributed by atoms with Gasteiger partial charge in [0.15, 0.2) is 0 Å². The zero-order valence-corrected chi connectivity index (χ0v) is 14.3. The average Bonchev–Trinajstić information content (AvgIpc) is 2.35. The summed E-state index contributed by atoms with van der Waals surface area (Å²) in [5.41, 5.74) is -1.84. The summed E-state index contributed by atoms with van der Waals surface area (Å²) in [5.74, 6) is -3.21. The molecule has 0 N–H and O–H groups in total. The topological polar surface area (TPSA) is 80.3 Å². The van der Waals surface area contributed by atoms with E-state index in [1.807, 2.05) is 6.92 Å². The predicted octanol–water partition coefficient (Wildman–Crippen LogP) is -5.99. The van der Waals surface area contributed by atoms with E-state index in [9.17, 15) is 19.8 Å². The van der Waals surface area contributed by atoms with Crippen LogP contribution in [0.2, 0.25) is 0 Å². The Morgan fingerprint density at radius 1 is 1.05 bits per heavy atom. The summed E-state index contributed by atoms with van der Waals surface area (Å²) in [6.07, 6.45) is 2.16. The van der Waals surface area contributed by atoms with Gasteiger partial charge in [-0.25, -0.2) is 0 Å². The number of hydrogen-bond donors (Lipinski definition) is 0. The summed E-state index contributed by atoms with van der Waals surface area (Å²) in [6.45, 7) is 1.96. The van der Waals surface area contributed by atoms with Crippen LogP contribution in [0.15, 0.2) is 30.3 Å². The molecular formula is C14H16LiNaO4. The van der Waals surface area contributed by atoms with E-state index in [-0.39, 0.29) is 60.4 Å². The molecule has 98 valence electrons. The van der Waals surface area contributed by atoms with E-state index in [1.54, 1.807) is 18.2 Å². The molecule has 1 aromatic rings. The van der Waals surface area contributed by atoms with Gasteiger partial charge in [-0.2, -0.15) is 0 Å². The van der Waals surface area contributed by atoms with Crippen molar-refractivity contribution in [2.75, 3.05) is 0 Å². The van der Waals surface area contributed by atoms with Crippen LogP contribution in [-0.4, -0.2) is 11.9 Å². The Labute approximate surface area is 153 Å². The number of benzene rings is 1. The Balaban J connectivity index is 0. The number of hydrogen-bond acceptors (Lipinski definition) is 4. The number of unbranched alkanes of at least 4 members (excludes halogenated alkanes) is 2. The maximum atomic E-state index is 11.3. The molecule has 6 heteroatoms. The zero-order valence-electron chi connectivity index (χ0n) is 12.3. The third kappa shape index (κ3) is 4.94. The number of carboxylic acid groups (broad SMARTS) is 2. The molecular weight excluding hydrogens is 262 g/mol. The molecule has 1 rings (SSSR count). The molecule has 0 saturated carbocycles. The minimum Gasteiger partial charge on any atom is -0.549 e. The molecule has 0 aromatic heterocycles. The van der Waals surface area contributed by atoms with Crippen molar-refractivity contribution in [2.24, 2.45) is 0 Å². The molecule has 0 fully saturated rings. The number of carboxylic acids is 2. The van der Waals surface area contributed by atoms with Crippen LogP contribution in [0.1, 0.15) is 38.2 Å². The molecule has 0 aliphatic carbocycles. The summed E-state index contributed by atoms with van der Waals surface area (Å²) in [4.78, 5) is 22.7. The first-order chi connectivity index (χ1) is 8.55. The van der Waals surface area contributed by atoms with Crippen molar-refractivity contribution in [1.82, 2.24) is 0 Å². The quantitative estimate of drug-likeness (QED) is 0.282. The molecule has 0 atom stereocenters. The van der Waals surface area contributed by atoms with Gasteiger partial charge in [0.25, 0.3) is 0 Å². The third-order valence-corrected chi connectivity index (χ3v) is 3.12. The van der Waals surface area contributed by atoms with Crippen LogP contribution >= 0.6 is 0 Å². The Kier molecular flexibility index (Phi) is 11.6. The number of carbonyl (C=O) groups is 2. The maximum Gasteiger partial charge on any atom is 1.00 e. The van der Waals surface area contributed by atoms with Gasteiger partial charge in [0.1, 0.15) is 0 Å². The first kappa shape index (κ1) is 22.0. The molecule has 0 spiro atoms. The fourth-order valence-corrected chi connectivity index (χ4v) is 2.03. The fourth-order valence-electron chi connectivity index (χ4n) is 2.03. The number of carbonyl (C=O) groups excluding carboxylic acids is 2. The fraction of sp³-hybridized carbons (Fsp3) is 0.429. The van der Waals surface area contributed by atoms with Crippen LogP contribution in [0.3, 0.4) is 0 Å². The molecule has 0 unspecified atom stereocenters. The first-order valence-corrected chi connectivity index (χ1v) is 6.04. The van der Waals surface area contributed by atoms with Crippen molar-refractivity contribution in [3.8, 4) is 0 Å². The maximum absolute atomic E-state index is 11.3. The second kappa shape index (κ2) is 10.5. The molecule has 0 aliphatic heterocycles. The van der Waals surface area contributed by atoms with E-state index >= 15 is 0 Å². The summed E-state index contributed by atoms with van der Waals surface area (Å²) in [7, 11) is 0. The molecule has 0 aliphatic rings. The van der Waals surface area contributed by atoms with Crippen molar-refractivity contribution in [2.45, 2.75) is 38.0 Å². The normalized spacial score (nSPS) is 10.1. The Bertz CT molecular complexity index is 408. The van der Waals surface area contributed by atoms with Crippen LogP contribution in [0.25, 0.3) is 0 Å². The van der Waals surface area contributed by atoms with Gasteiger partial charge in [-0.05, 0) is 12.0 Å². The molecule has 0 heterocycles. The van der Waals surface area contributed by atoms with Crippen LogP contribution in [-0.2, 0) is 15.0 Å². The molecule has 0 radical (unpaired) electrons. The second-order valence-corrected chi connectivity index (χ2v) is 4.30. The van der Waals surface area contributed by atoms with Gasteiger partial charge < -0.3 is 19.8 Å². The number of rotatable bonds is 7. The van der Waals surface area contributed by atoms with Crippen LogP contribution in [0.5, 0.6) is 0 Å². The van der Waals surface area contributed by atoms with Crippen molar-refractivity contribution in [1.29, 1.82) is 0 Å². The van der Waals surface area contributed by atoms with Gasteiger partial charge in [-0.1, -0.05) is 56.5 Å². The summed E-state index contributed by atoms with van der Waals surface area (Å²) >= 11 is 0. The largest absolute Gasteiger partial charge is 1.00 e. The summed E-state index contributed by atoms with van der Waals surface area (Å²) < 4.78 is 0. The van der Waals surface area contributed by atoms with E-state index in [2.05, 4.69) is 0 Å². The number of aliphatic carboxylic acids is 2. The average molecular weight is 278 g/mol. The van der Waals surface area contributed by atoms with Gasteiger partial charge in [0, 0.05) is 0 Å². The second-order valence-electron chi connectivity index (χ2n) is 4.30. The Hall–Kier alpha value is -0.243. The SMILES string of the molecule is CCCCCC(C(=O)[O-])(C(=O)[O-])c1ccccc1.[Li+].[Na+]. The first-order valence-electron chi connectivity index (χ1n) is 6.04. The Morgan fingerprint density at radius 2 is 1.55 bits per heavy atom. The van der Waals surface area contributed by atoms with Crippen molar-refractivity contribution < 1.29 is 68.2 Å². The molecule has 0 bridgehead atoms. The smallest absolute Gasteiger partial charge is 0.549 e. The van der Waals surface area contributed by atoms with Crippen molar-refractivity contribution in [3.05, 3.63) is 35.9 Å². The summed E-state index contributed by atoms with van der Waals surface area (Å²) in [6, 6.07) is 7.88. The van der Waals surface area contributed by atoms with Crippen molar-refractivity contribution in [3.63, 3.8) is 0 Å². The molecule has 1 aromatic carbocycles. The van der Waals surface area contributed by atoms with Crippen LogP contribution < -0.4 is 58.6 Å². The molecule has 4 nitrogen and oxygen atoms in total. The summed E-state index contributed by atoms with van der Waals surface area (Å²) in [5, 5.41) is 22.7. The zero-order chi connectivity index (χ0) is 13.6.